The highest BCUT2D eigenvalue weighted by Gasteiger charge is 2.31. The molecule has 2 N–H and O–H groups in total. The van der Waals surface area contributed by atoms with Gasteiger partial charge < -0.3 is 10.6 Å². The van der Waals surface area contributed by atoms with Crippen molar-refractivity contribution in [2.75, 3.05) is 11.4 Å². The number of nitrogens with two attached hydrogens (primary N) is 1. The number of hydrogen-bond acceptors (Lipinski definition) is 5. The van der Waals surface area contributed by atoms with Crippen molar-refractivity contribution in [3.63, 3.8) is 0 Å². The van der Waals surface area contributed by atoms with E-state index in [2.05, 4.69) is 23.0 Å². The average molecular weight is 293 g/mol. The van der Waals surface area contributed by atoms with E-state index >= 15 is 0 Å². The number of nitrogens with zero attached hydrogens (tertiary/aromatic N) is 3. The number of thiazole rings is 1. The first kappa shape index (κ1) is 12.4. The van der Waals surface area contributed by atoms with Crippen LogP contribution in [0.2, 0.25) is 4.34 Å². The zero-order chi connectivity index (χ0) is 13.4. The summed E-state index contributed by atoms with van der Waals surface area (Å²) in [4.78, 5) is 10.7. The van der Waals surface area contributed by atoms with E-state index in [1.54, 1.807) is 6.20 Å². The Bertz CT molecular complexity index is 637. The third-order valence-corrected chi connectivity index (χ3v) is 4.36. The molecule has 98 valence electrons. The second-order valence-electron chi connectivity index (χ2n) is 4.37. The van der Waals surface area contributed by atoms with Gasteiger partial charge in [-0.3, -0.25) is 4.99 Å². The number of guanidine groups is 1. The normalized spacial score (nSPS) is 18.7. The number of benzene rings is 1. The molecular formula is C13H13ClN4S. The molecule has 1 unspecified atom stereocenters. The highest BCUT2D eigenvalue weighted by atomic mass is 35.5. The second-order valence-corrected chi connectivity index (χ2v) is 6.07. The molecule has 0 bridgehead atoms. The molecule has 3 rings (SSSR count). The first-order chi connectivity index (χ1) is 9.16. The lowest BCUT2D eigenvalue weighted by Crippen LogP contribution is -2.36. The number of aryl methyl sites for hydroxylation is 1. The minimum atomic E-state index is 0.0404. The lowest BCUT2D eigenvalue weighted by atomic mass is 10.1. The van der Waals surface area contributed by atoms with Gasteiger partial charge in [-0.25, -0.2) is 4.98 Å². The van der Waals surface area contributed by atoms with Crippen LogP contribution in [0.25, 0.3) is 0 Å². The molecule has 4 nitrogen and oxygen atoms in total. The molecule has 1 aliphatic rings. The molecule has 0 spiro atoms. The van der Waals surface area contributed by atoms with E-state index in [0.29, 0.717) is 16.8 Å². The predicted octanol–water partition coefficient (Wildman–Crippen LogP) is 2.98. The van der Waals surface area contributed by atoms with Crippen molar-refractivity contribution in [1.29, 1.82) is 0 Å². The van der Waals surface area contributed by atoms with Crippen LogP contribution in [0.3, 0.4) is 0 Å². The van der Waals surface area contributed by atoms with Crippen molar-refractivity contribution in [3.05, 3.63) is 45.4 Å². The van der Waals surface area contributed by atoms with Crippen LogP contribution < -0.4 is 10.6 Å². The smallest absolute Gasteiger partial charge is 0.196 e. The lowest BCUT2D eigenvalue weighted by molar-refractivity contribution is 0.759. The van der Waals surface area contributed by atoms with Crippen LogP contribution in [0, 0.1) is 6.92 Å². The molecule has 1 aromatic heterocycles. The Labute approximate surface area is 120 Å². The SMILES string of the molecule is Cc1ccccc1N1C(N)=NCC1c1ncc(Cl)s1. The topological polar surface area (TPSA) is 54.5 Å². The van der Waals surface area contributed by atoms with E-state index in [1.807, 2.05) is 23.1 Å². The second kappa shape index (κ2) is 4.83. The van der Waals surface area contributed by atoms with E-state index in [0.717, 1.165) is 16.3 Å². The Kier molecular flexibility index (Phi) is 3.16. The molecule has 0 fully saturated rings. The molecule has 0 saturated carbocycles. The van der Waals surface area contributed by atoms with Gasteiger partial charge in [-0.2, -0.15) is 0 Å². The number of aliphatic imine (C=N–C) groups is 1. The fourth-order valence-electron chi connectivity index (χ4n) is 2.23. The molecular weight excluding hydrogens is 280 g/mol. The quantitative estimate of drug-likeness (QED) is 0.926. The Morgan fingerprint density at radius 3 is 2.89 bits per heavy atom. The Morgan fingerprint density at radius 2 is 2.21 bits per heavy atom. The Morgan fingerprint density at radius 1 is 1.42 bits per heavy atom. The van der Waals surface area contributed by atoms with Gasteiger partial charge in [0.1, 0.15) is 15.4 Å². The number of para-hydroxylation sites is 1. The molecule has 1 aromatic carbocycles. The molecule has 1 atom stereocenters. The molecule has 1 aliphatic heterocycles. The van der Waals surface area contributed by atoms with Crippen molar-refractivity contribution >= 4 is 34.6 Å². The first-order valence-corrected chi connectivity index (χ1v) is 7.12. The van der Waals surface area contributed by atoms with Gasteiger partial charge in [0, 0.05) is 5.69 Å². The summed E-state index contributed by atoms with van der Waals surface area (Å²) in [6.45, 7) is 2.68. The van der Waals surface area contributed by atoms with Gasteiger partial charge in [-0.15, -0.1) is 11.3 Å². The number of anilines is 1. The van der Waals surface area contributed by atoms with Crippen LogP contribution in [0.4, 0.5) is 5.69 Å². The number of halogens is 1. The van der Waals surface area contributed by atoms with Gasteiger partial charge in [0.25, 0.3) is 0 Å². The van der Waals surface area contributed by atoms with Gasteiger partial charge in [0.15, 0.2) is 5.96 Å². The largest absolute Gasteiger partial charge is 0.369 e. The minimum absolute atomic E-state index is 0.0404. The minimum Gasteiger partial charge on any atom is -0.369 e. The molecule has 2 aromatic rings. The van der Waals surface area contributed by atoms with Crippen LogP contribution in [0.1, 0.15) is 16.6 Å². The summed E-state index contributed by atoms with van der Waals surface area (Å²) in [5.41, 5.74) is 8.26. The van der Waals surface area contributed by atoms with Crippen molar-refractivity contribution in [1.82, 2.24) is 4.98 Å². The first-order valence-electron chi connectivity index (χ1n) is 5.93. The summed E-state index contributed by atoms with van der Waals surface area (Å²) in [7, 11) is 0. The van der Waals surface area contributed by atoms with E-state index in [9.17, 15) is 0 Å². The van der Waals surface area contributed by atoms with Gasteiger partial charge in [-0.1, -0.05) is 29.8 Å². The number of hydrogen-bond donors (Lipinski definition) is 1. The Hall–Kier alpha value is -1.59. The summed E-state index contributed by atoms with van der Waals surface area (Å²) >= 11 is 7.44. The lowest BCUT2D eigenvalue weighted by Gasteiger charge is -2.26. The monoisotopic (exact) mass is 292 g/mol. The Balaban J connectivity index is 2.02. The van der Waals surface area contributed by atoms with E-state index in [1.165, 1.54) is 11.3 Å². The third-order valence-electron chi connectivity index (χ3n) is 3.14. The maximum atomic E-state index is 6.03. The standard InChI is InChI=1S/C13H13ClN4S/c1-8-4-2-3-5-9(8)18-10(6-17-13(18)15)12-16-7-11(14)19-12/h2-5,7,10H,6H2,1H3,(H2,15,17). The number of rotatable bonds is 2. The van der Waals surface area contributed by atoms with Gasteiger partial charge in [-0.05, 0) is 18.6 Å². The van der Waals surface area contributed by atoms with Crippen LogP contribution in [0.15, 0.2) is 35.5 Å². The van der Waals surface area contributed by atoms with E-state index in [-0.39, 0.29) is 6.04 Å². The van der Waals surface area contributed by atoms with Gasteiger partial charge in [0.05, 0.1) is 12.7 Å². The zero-order valence-corrected chi connectivity index (χ0v) is 11.9. The fraction of sp³-hybridized carbons (Fsp3) is 0.231. The van der Waals surface area contributed by atoms with E-state index < -0.39 is 0 Å². The zero-order valence-electron chi connectivity index (χ0n) is 10.4. The summed E-state index contributed by atoms with van der Waals surface area (Å²) in [6, 6.07) is 8.16. The van der Waals surface area contributed by atoms with Crippen LogP contribution >= 0.6 is 22.9 Å². The van der Waals surface area contributed by atoms with Gasteiger partial charge in [0.2, 0.25) is 0 Å². The molecule has 0 amide bonds. The highest BCUT2D eigenvalue weighted by Crippen LogP contribution is 2.35. The third kappa shape index (κ3) is 2.19. The molecule has 0 radical (unpaired) electrons. The molecule has 6 heteroatoms. The average Bonchev–Trinajstić information content (AvgIpc) is 2.96. The fourth-order valence-corrected chi connectivity index (χ4v) is 3.24. The summed E-state index contributed by atoms with van der Waals surface area (Å²) < 4.78 is 0.685. The van der Waals surface area contributed by atoms with Crippen molar-refractivity contribution in [2.45, 2.75) is 13.0 Å². The van der Waals surface area contributed by atoms with Gasteiger partial charge >= 0.3 is 0 Å². The predicted molar refractivity (Wildman–Crippen MR) is 80.0 cm³/mol. The van der Waals surface area contributed by atoms with Crippen molar-refractivity contribution in [2.24, 2.45) is 10.7 Å². The summed E-state index contributed by atoms with van der Waals surface area (Å²) in [6.07, 6.45) is 1.67. The van der Waals surface area contributed by atoms with Crippen molar-refractivity contribution < 1.29 is 0 Å². The summed E-state index contributed by atoms with van der Waals surface area (Å²) in [5.74, 6) is 0.533. The van der Waals surface area contributed by atoms with E-state index in [4.69, 9.17) is 17.3 Å². The number of aromatic nitrogens is 1. The maximum Gasteiger partial charge on any atom is 0.196 e. The maximum absolute atomic E-state index is 6.03. The van der Waals surface area contributed by atoms with Crippen LogP contribution in [-0.2, 0) is 0 Å². The molecule has 19 heavy (non-hydrogen) atoms. The molecule has 2 heterocycles. The molecule has 0 aliphatic carbocycles. The van der Waals surface area contributed by atoms with Crippen LogP contribution in [-0.4, -0.2) is 17.5 Å². The van der Waals surface area contributed by atoms with Crippen molar-refractivity contribution in [3.8, 4) is 0 Å². The molecule has 0 saturated heterocycles. The summed E-state index contributed by atoms with van der Waals surface area (Å²) in [5, 5.41) is 0.942. The van der Waals surface area contributed by atoms with Crippen LogP contribution in [0.5, 0.6) is 0 Å². The highest BCUT2D eigenvalue weighted by molar-refractivity contribution is 7.15.